The zero-order valence-electron chi connectivity index (χ0n) is 16.3. The number of Topliss-reactive ketones (excluding diaryl/α,β-unsaturated/α-hetero) is 1. The molecule has 0 aliphatic carbocycles. The van der Waals surface area contributed by atoms with Gasteiger partial charge in [0.1, 0.15) is 18.2 Å². The molecule has 0 spiro atoms. The smallest absolute Gasteiger partial charge is 0.244 e. The fraction of sp³-hybridized carbons (Fsp3) is 0.364. The number of rotatable bonds is 4. The van der Waals surface area contributed by atoms with Gasteiger partial charge in [0, 0.05) is 24.6 Å². The van der Waals surface area contributed by atoms with Gasteiger partial charge in [-0.25, -0.2) is 9.67 Å². The van der Waals surface area contributed by atoms with E-state index in [0.29, 0.717) is 18.9 Å². The lowest BCUT2D eigenvalue weighted by Gasteiger charge is -2.32. The van der Waals surface area contributed by atoms with Crippen molar-refractivity contribution in [2.75, 3.05) is 13.1 Å². The number of fused-ring (bicyclic) bond motifs is 1. The average molecular weight is 376 g/mol. The van der Waals surface area contributed by atoms with Crippen LogP contribution >= 0.6 is 0 Å². The molecule has 144 valence electrons. The number of hydrogen-bond donors (Lipinski definition) is 0. The number of aromatic nitrogens is 3. The van der Waals surface area contributed by atoms with Crippen LogP contribution in [0.2, 0.25) is 0 Å². The van der Waals surface area contributed by atoms with Gasteiger partial charge in [0.25, 0.3) is 0 Å². The minimum atomic E-state index is -0.165. The Bertz CT molecular complexity index is 1030. The van der Waals surface area contributed by atoms with Crippen LogP contribution in [0.5, 0.6) is 0 Å². The number of nitrogens with zero attached hydrogens (tertiary/aromatic N) is 4. The zero-order chi connectivity index (χ0) is 19.7. The van der Waals surface area contributed by atoms with Crippen molar-refractivity contribution in [2.24, 2.45) is 5.92 Å². The van der Waals surface area contributed by atoms with Crippen molar-refractivity contribution in [2.45, 2.75) is 33.2 Å². The summed E-state index contributed by atoms with van der Waals surface area (Å²) in [6.07, 6.45) is 1.65. The monoisotopic (exact) mass is 376 g/mol. The van der Waals surface area contributed by atoms with E-state index in [1.165, 1.54) is 0 Å². The van der Waals surface area contributed by atoms with E-state index in [-0.39, 0.29) is 24.2 Å². The van der Waals surface area contributed by atoms with Crippen LogP contribution in [0.1, 0.15) is 34.8 Å². The van der Waals surface area contributed by atoms with E-state index >= 15 is 0 Å². The first-order chi connectivity index (χ1) is 13.5. The van der Waals surface area contributed by atoms with E-state index < -0.39 is 0 Å². The molecule has 28 heavy (non-hydrogen) atoms. The van der Waals surface area contributed by atoms with Crippen LogP contribution in [0.25, 0.3) is 10.8 Å². The van der Waals surface area contributed by atoms with Crippen molar-refractivity contribution in [3.8, 4) is 0 Å². The van der Waals surface area contributed by atoms with E-state index in [0.717, 1.165) is 35.0 Å². The number of benzene rings is 2. The Morgan fingerprint density at radius 3 is 2.68 bits per heavy atom. The second-order valence-electron chi connectivity index (χ2n) is 7.43. The molecule has 1 aromatic heterocycles. The standard InChI is InChI=1S/C22H24N4O2/c1-15-23-16(2)26(24-15)14-21(27)25-12-6-9-18(13-25)22(28)20-11-5-8-17-7-3-4-10-19(17)20/h3-5,7-8,10-11,18H,6,9,12-14H2,1-2H3. The molecule has 0 saturated carbocycles. The maximum Gasteiger partial charge on any atom is 0.244 e. The molecule has 1 saturated heterocycles. The van der Waals surface area contributed by atoms with Gasteiger partial charge in [-0.1, -0.05) is 42.5 Å². The SMILES string of the molecule is Cc1nc(C)n(CC(=O)N2CCCC(C(=O)c3cccc4ccccc34)C2)n1. The van der Waals surface area contributed by atoms with E-state index in [1.807, 2.05) is 56.3 Å². The van der Waals surface area contributed by atoms with Gasteiger partial charge >= 0.3 is 0 Å². The van der Waals surface area contributed by atoms with Crippen molar-refractivity contribution in [1.29, 1.82) is 0 Å². The molecule has 1 amide bonds. The molecule has 6 nitrogen and oxygen atoms in total. The van der Waals surface area contributed by atoms with Crippen molar-refractivity contribution in [1.82, 2.24) is 19.7 Å². The highest BCUT2D eigenvalue weighted by atomic mass is 16.2. The number of aryl methyl sites for hydroxylation is 2. The summed E-state index contributed by atoms with van der Waals surface area (Å²) in [5.41, 5.74) is 0.750. The second kappa shape index (κ2) is 7.54. The first kappa shape index (κ1) is 18.3. The van der Waals surface area contributed by atoms with Crippen molar-refractivity contribution in [3.05, 3.63) is 59.7 Å². The fourth-order valence-corrected chi connectivity index (χ4v) is 4.02. The molecule has 2 heterocycles. The normalized spacial score (nSPS) is 17.1. The van der Waals surface area contributed by atoms with Crippen LogP contribution in [0.3, 0.4) is 0 Å². The molecule has 1 unspecified atom stereocenters. The molecule has 1 fully saturated rings. The molecule has 1 aliphatic rings. The third-order valence-corrected chi connectivity index (χ3v) is 5.45. The van der Waals surface area contributed by atoms with E-state index in [9.17, 15) is 9.59 Å². The van der Waals surface area contributed by atoms with Crippen LogP contribution in [0.4, 0.5) is 0 Å². The quantitative estimate of drug-likeness (QED) is 0.656. The Morgan fingerprint density at radius 1 is 1.11 bits per heavy atom. The topological polar surface area (TPSA) is 68.1 Å². The molecule has 1 atom stereocenters. The first-order valence-corrected chi connectivity index (χ1v) is 9.71. The number of carbonyl (C=O) groups excluding carboxylic acids is 2. The minimum Gasteiger partial charge on any atom is -0.340 e. The lowest BCUT2D eigenvalue weighted by atomic mass is 9.88. The number of piperidine rings is 1. The Kier molecular flexibility index (Phi) is 4.94. The Morgan fingerprint density at radius 2 is 1.89 bits per heavy atom. The fourth-order valence-electron chi connectivity index (χ4n) is 4.02. The Balaban J connectivity index is 1.51. The van der Waals surface area contributed by atoms with Crippen LogP contribution in [0, 0.1) is 19.8 Å². The summed E-state index contributed by atoms with van der Waals surface area (Å²) in [6.45, 7) is 4.98. The van der Waals surface area contributed by atoms with Gasteiger partial charge in [-0.2, -0.15) is 5.10 Å². The highest BCUT2D eigenvalue weighted by Crippen LogP contribution is 2.26. The van der Waals surface area contributed by atoms with Gasteiger partial charge in [-0.05, 0) is 37.5 Å². The van der Waals surface area contributed by atoms with Crippen LogP contribution < -0.4 is 0 Å². The summed E-state index contributed by atoms with van der Waals surface area (Å²) in [5.74, 6) is 1.34. The van der Waals surface area contributed by atoms with E-state index in [4.69, 9.17) is 0 Å². The van der Waals surface area contributed by atoms with Crippen LogP contribution in [0.15, 0.2) is 42.5 Å². The van der Waals surface area contributed by atoms with Gasteiger partial charge in [-0.3, -0.25) is 9.59 Å². The first-order valence-electron chi connectivity index (χ1n) is 9.71. The number of likely N-dealkylation sites (tertiary alicyclic amines) is 1. The van der Waals surface area contributed by atoms with Gasteiger partial charge in [0.2, 0.25) is 5.91 Å². The highest BCUT2D eigenvalue weighted by molar-refractivity contribution is 6.09. The van der Waals surface area contributed by atoms with E-state index in [2.05, 4.69) is 10.1 Å². The third-order valence-electron chi connectivity index (χ3n) is 5.45. The van der Waals surface area contributed by atoms with E-state index in [1.54, 1.807) is 9.58 Å². The second-order valence-corrected chi connectivity index (χ2v) is 7.43. The molecule has 0 radical (unpaired) electrons. The van der Waals surface area contributed by atoms with Crippen molar-refractivity contribution in [3.63, 3.8) is 0 Å². The molecule has 4 rings (SSSR count). The lowest BCUT2D eigenvalue weighted by Crippen LogP contribution is -2.44. The van der Waals surface area contributed by atoms with Gasteiger partial charge < -0.3 is 4.90 Å². The summed E-state index contributed by atoms with van der Waals surface area (Å²) < 4.78 is 1.63. The molecule has 1 aliphatic heterocycles. The maximum absolute atomic E-state index is 13.2. The number of ketones is 1. The minimum absolute atomic E-state index is 0.0107. The average Bonchev–Trinajstić information content (AvgIpc) is 3.03. The lowest BCUT2D eigenvalue weighted by molar-refractivity contribution is -0.133. The van der Waals surface area contributed by atoms with Crippen LogP contribution in [-0.2, 0) is 11.3 Å². The summed E-state index contributed by atoms with van der Waals surface area (Å²) in [7, 11) is 0. The number of carbonyl (C=O) groups is 2. The predicted octanol–water partition coefficient (Wildman–Crippen LogP) is 3.17. The summed E-state index contributed by atoms with van der Waals surface area (Å²) in [6, 6.07) is 13.8. The molecule has 2 aromatic carbocycles. The molecular weight excluding hydrogens is 352 g/mol. The Hall–Kier alpha value is -3.02. The highest BCUT2D eigenvalue weighted by Gasteiger charge is 2.30. The maximum atomic E-state index is 13.2. The molecule has 6 heteroatoms. The zero-order valence-corrected chi connectivity index (χ0v) is 16.3. The van der Waals surface area contributed by atoms with Gasteiger partial charge in [0.15, 0.2) is 5.78 Å². The summed E-state index contributed by atoms with van der Waals surface area (Å²) in [4.78, 5) is 32.1. The van der Waals surface area contributed by atoms with Gasteiger partial charge in [0.05, 0.1) is 0 Å². The summed E-state index contributed by atoms with van der Waals surface area (Å²) in [5, 5.41) is 6.31. The van der Waals surface area contributed by atoms with Crippen LogP contribution in [-0.4, -0.2) is 44.4 Å². The third kappa shape index (κ3) is 3.54. The predicted molar refractivity (Wildman–Crippen MR) is 107 cm³/mol. The van der Waals surface area contributed by atoms with Crippen molar-refractivity contribution < 1.29 is 9.59 Å². The van der Waals surface area contributed by atoms with Gasteiger partial charge in [-0.15, -0.1) is 0 Å². The number of hydrogen-bond acceptors (Lipinski definition) is 4. The Labute approximate surface area is 164 Å². The number of amides is 1. The molecular formula is C22H24N4O2. The molecule has 3 aromatic rings. The largest absolute Gasteiger partial charge is 0.340 e. The van der Waals surface area contributed by atoms with Crippen molar-refractivity contribution >= 4 is 22.5 Å². The summed E-state index contributed by atoms with van der Waals surface area (Å²) >= 11 is 0. The molecule has 0 bridgehead atoms. The molecule has 0 N–H and O–H groups in total.